The molecule has 3 aromatic rings. The van der Waals surface area contributed by atoms with Gasteiger partial charge in [-0.25, -0.2) is 4.98 Å². The van der Waals surface area contributed by atoms with Crippen molar-refractivity contribution in [2.75, 3.05) is 42.9 Å². The highest BCUT2D eigenvalue weighted by Gasteiger charge is 2.22. The molecule has 0 spiro atoms. The molecule has 2 aromatic carbocycles. The van der Waals surface area contributed by atoms with Crippen molar-refractivity contribution in [2.24, 2.45) is 0 Å². The molecule has 1 aromatic heterocycles. The predicted molar refractivity (Wildman–Crippen MR) is 126 cm³/mol. The Morgan fingerprint density at radius 2 is 1.58 bits per heavy atom. The molecule has 1 fully saturated rings. The summed E-state index contributed by atoms with van der Waals surface area (Å²) >= 11 is 0. The van der Waals surface area contributed by atoms with Crippen molar-refractivity contribution in [1.82, 2.24) is 14.5 Å². The van der Waals surface area contributed by atoms with Crippen molar-refractivity contribution < 1.29 is 4.79 Å². The summed E-state index contributed by atoms with van der Waals surface area (Å²) in [7, 11) is 0. The second-order valence-electron chi connectivity index (χ2n) is 8.52. The number of carbonyl (C=O) groups excluding carboxylic acids is 1. The normalized spacial score (nSPS) is 14.6. The van der Waals surface area contributed by atoms with Gasteiger partial charge in [0.05, 0.1) is 6.54 Å². The van der Waals surface area contributed by atoms with Gasteiger partial charge in [0.1, 0.15) is 0 Å². The molecule has 2 heterocycles. The summed E-state index contributed by atoms with van der Waals surface area (Å²) in [5.41, 5.74) is 6.73. The van der Waals surface area contributed by atoms with Gasteiger partial charge in [-0.3, -0.25) is 14.3 Å². The van der Waals surface area contributed by atoms with E-state index >= 15 is 0 Å². The van der Waals surface area contributed by atoms with Gasteiger partial charge in [-0.05, 0) is 51.0 Å². The van der Waals surface area contributed by atoms with E-state index in [-0.39, 0.29) is 5.91 Å². The summed E-state index contributed by atoms with van der Waals surface area (Å²) in [5, 5.41) is 3.12. The Kier molecular flexibility index (Phi) is 6.09. The van der Waals surface area contributed by atoms with Crippen LogP contribution in [-0.4, -0.2) is 53.1 Å². The van der Waals surface area contributed by atoms with E-state index in [0.29, 0.717) is 6.54 Å². The maximum Gasteiger partial charge on any atom is 0.238 e. The Balaban J connectivity index is 1.35. The van der Waals surface area contributed by atoms with Crippen LogP contribution in [0.15, 0.2) is 48.8 Å². The lowest BCUT2D eigenvalue weighted by Gasteiger charge is -2.35. The van der Waals surface area contributed by atoms with E-state index in [1.165, 1.54) is 11.1 Å². The third-order valence-electron chi connectivity index (χ3n) is 5.90. The number of benzene rings is 2. The van der Waals surface area contributed by atoms with Crippen molar-refractivity contribution >= 4 is 17.5 Å². The van der Waals surface area contributed by atoms with Crippen LogP contribution in [0, 0.1) is 27.7 Å². The van der Waals surface area contributed by atoms with E-state index < -0.39 is 0 Å². The summed E-state index contributed by atoms with van der Waals surface area (Å²) in [6.07, 6.45) is 3.85. The fourth-order valence-corrected chi connectivity index (χ4v) is 4.30. The number of piperazine rings is 1. The molecule has 1 aliphatic rings. The lowest BCUT2D eigenvalue weighted by molar-refractivity contribution is -0.117. The number of hydrogen-bond donors (Lipinski definition) is 1. The van der Waals surface area contributed by atoms with Crippen molar-refractivity contribution in [3.05, 3.63) is 71.0 Å². The molecule has 162 valence electrons. The van der Waals surface area contributed by atoms with Gasteiger partial charge in [-0.15, -0.1) is 0 Å². The molecule has 0 saturated carbocycles. The second-order valence-corrected chi connectivity index (χ2v) is 8.52. The number of rotatable bonds is 5. The van der Waals surface area contributed by atoms with Gasteiger partial charge in [0, 0.05) is 49.9 Å². The molecular formula is C25H31N5O. The summed E-state index contributed by atoms with van der Waals surface area (Å²) < 4.78 is 2.13. The third kappa shape index (κ3) is 4.80. The van der Waals surface area contributed by atoms with Gasteiger partial charge in [0.2, 0.25) is 11.9 Å². The summed E-state index contributed by atoms with van der Waals surface area (Å²) in [5.74, 6) is 1.00. The molecule has 0 radical (unpaired) electrons. The van der Waals surface area contributed by atoms with Crippen LogP contribution in [0.3, 0.4) is 0 Å². The van der Waals surface area contributed by atoms with Crippen LogP contribution in [0.1, 0.15) is 22.3 Å². The number of nitrogens with one attached hydrogen (secondary N) is 1. The smallest absolute Gasteiger partial charge is 0.238 e. The first-order valence-electron chi connectivity index (χ1n) is 10.9. The van der Waals surface area contributed by atoms with E-state index in [4.69, 9.17) is 0 Å². The van der Waals surface area contributed by atoms with E-state index in [0.717, 1.165) is 54.6 Å². The van der Waals surface area contributed by atoms with Crippen molar-refractivity contribution in [3.63, 3.8) is 0 Å². The second kappa shape index (κ2) is 8.94. The summed E-state index contributed by atoms with van der Waals surface area (Å²) in [6.45, 7) is 12.0. The molecule has 1 saturated heterocycles. The lowest BCUT2D eigenvalue weighted by atomic mass is 10.1. The highest BCUT2D eigenvalue weighted by Crippen LogP contribution is 2.23. The number of nitrogens with zero attached hydrogens (tertiary/aromatic N) is 4. The molecule has 4 rings (SSSR count). The van der Waals surface area contributed by atoms with E-state index in [9.17, 15) is 4.79 Å². The van der Waals surface area contributed by atoms with Crippen LogP contribution in [-0.2, 0) is 4.79 Å². The highest BCUT2D eigenvalue weighted by molar-refractivity contribution is 5.93. The third-order valence-corrected chi connectivity index (χ3v) is 5.90. The standard InChI is InChI=1S/C25H31N5O/c1-18-5-7-22(8-6-18)30-10-9-26-25(30)29-13-11-28(12-14-29)17-23(31)27-24-20(3)15-19(2)16-21(24)4/h5-10,15-16H,11-14,17H2,1-4H3,(H,27,31). The zero-order valence-corrected chi connectivity index (χ0v) is 18.9. The number of imidazole rings is 1. The molecule has 31 heavy (non-hydrogen) atoms. The quantitative estimate of drug-likeness (QED) is 0.685. The number of aromatic nitrogens is 2. The van der Waals surface area contributed by atoms with Gasteiger partial charge >= 0.3 is 0 Å². The minimum absolute atomic E-state index is 0.0460. The first-order valence-corrected chi connectivity index (χ1v) is 10.9. The number of hydrogen-bond acceptors (Lipinski definition) is 4. The van der Waals surface area contributed by atoms with Gasteiger partial charge < -0.3 is 10.2 Å². The lowest BCUT2D eigenvalue weighted by Crippen LogP contribution is -2.49. The number of aryl methyl sites for hydroxylation is 4. The van der Waals surface area contributed by atoms with Gasteiger partial charge in [-0.2, -0.15) is 0 Å². The molecular weight excluding hydrogens is 386 g/mol. The van der Waals surface area contributed by atoms with Crippen LogP contribution >= 0.6 is 0 Å². The summed E-state index contributed by atoms with van der Waals surface area (Å²) in [4.78, 5) is 21.8. The van der Waals surface area contributed by atoms with E-state index in [1.54, 1.807) is 0 Å². The molecule has 0 bridgehead atoms. The maximum atomic E-state index is 12.7. The number of anilines is 2. The first kappa shape index (κ1) is 21.1. The van der Waals surface area contributed by atoms with Crippen LogP contribution in [0.5, 0.6) is 0 Å². The van der Waals surface area contributed by atoms with Gasteiger partial charge in [-0.1, -0.05) is 35.4 Å². The van der Waals surface area contributed by atoms with Crippen LogP contribution in [0.4, 0.5) is 11.6 Å². The van der Waals surface area contributed by atoms with Crippen LogP contribution < -0.4 is 10.2 Å². The van der Waals surface area contributed by atoms with Gasteiger partial charge in [0.15, 0.2) is 0 Å². The minimum Gasteiger partial charge on any atom is -0.339 e. The molecule has 1 amide bonds. The Labute approximate surface area is 184 Å². The monoisotopic (exact) mass is 417 g/mol. The van der Waals surface area contributed by atoms with E-state index in [2.05, 4.69) is 74.9 Å². The molecule has 0 atom stereocenters. The predicted octanol–water partition coefficient (Wildman–Crippen LogP) is 3.87. The topological polar surface area (TPSA) is 53.4 Å². The Morgan fingerprint density at radius 3 is 2.23 bits per heavy atom. The average Bonchev–Trinajstić information content (AvgIpc) is 3.22. The Morgan fingerprint density at radius 1 is 0.935 bits per heavy atom. The zero-order chi connectivity index (χ0) is 22.0. The minimum atomic E-state index is 0.0460. The number of amides is 1. The molecule has 6 heteroatoms. The van der Waals surface area contributed by atoms with Crippen LogP contribution in [0.25, 0.3) is 5.69 Å². The molecule has 0 unspecified atom stereocenters. The maximum absolute atomic E-state index is 12.7. The Hall–Kier alpha value is -3.12. The molecule has 1 aliphatic heterocycles. The highest BCUT2D eigenvalue weighted by atomic mass is 16.2. The fourth-order valence-electron chi connectivity index (χ4n) is 4.30. The van der Waals surface area contributed by atoms with Crippen molar-refractivity contribution in [3.8, 4) is 5.69 Å². The van der Waals surface area contributed by atoms with E-state index in [1.807, 2.05) is 26.2 Å². The molecule has 0 aliphatic carbocycles. The van der Waals surface area contributed by atoms with Gasteiger partial charge in [0.25, 0.3) is 0 Å². The van der Waals surface area contributed by atoms with Crippen molar-refractivity contribution in [2.45, 2.75) is 27.7 Å². The van der Waals surface area contributed by atoms with Crippen molar-refractivity contribution in [1.29, 1.82) is 0 Å². The molecule has 1 N–H and O–H groups in total. The number of carbonyl (C=O) groups is 1. The molecule has 6 nitrogen and oxygen atoms in total. The fraction of sp³-hybridized carbons (Fsp3) is 0.360. The zero-order valence-electron chi connectivity index (χ0n) is 18.9. The largest absolute Gasteiger partial charge is 0.339 e. The SMILES string of the molecule is Cc1ccc(-n2ccnc2N2CCN(CC(=O)Nc3c(C)cc(C)cc3C)CC2)cc1. The van der Waals surface area contributed by atoms with Crippen LogP contribution in [0.2, 0.25) is 0 Å². The summed E-state index contributed by atoms with van der Waals surface area (Å²) in [6, 6.07) is 12.7. The first-order chi connectivity index (χ1) is 14.9. The average molecular weight is 418 g/mol. The Bertz CT molecular complexity index is 1040.